The minimum atomic E-state index is -1.08. The molecular formula is C25H35IN2O7. The number of benzene rings is 1. The van der Waals surface area contributed by atoms with Crippen LogP contribution in [-0.2, 0) is 16.2 Å². The number of rotatable bonds is 9. The SMILES string of the molecule is COc1cc(CO)cc(I)c1OC1C=C(C(=O)NCCO)CC(N(C(C)=O)C2CCCCC2)C1O. The molecule has 1 fully saturated rings. The first-order valence-electron chi connectivity index (χ1n) is 12.0. The summed E-state index contributed by atoms with van der Waals surface area (Å²) in [4.78, 5) is 27.4. The van der Waals surface area contributed by atoms with Crippen molar-refractivity contribution in [1.29, 1.82) is 0 Å². The first-order valence-corrected chi connectivity index (χ1v) is 13.1. The molecule has 2 aliphatic carbocycles. The van der Waals surface area contributed by atoms with Crippen molar-refractivity contribution in [2.75, 3.05) is 20.3 Å². The van der Waals surface area contributed by atoms with Gasteiger partial charge in [-0.3, -0.25) is 9.59 Å². The largest absolute Gasteiger partial charge is 0.493 e. The summed E-state index contributed by atoms with van der Waals surface area (Å²) < 4.78 is 12.4. The van der Waals surface area contributed by atoms with Crippen molar-refractivity contribution < 1.29 is 34.4 Å². The number of aliphatic hydroxyl groups excluding tert-OH is 3. The molecule has 0 aromatic heterocycles. The second kappa shape index (κ2) is 12.9. The summed E-state index contributed by atoms with van der Waals surface area (Å²) in [5, 5.41) is 32.8. The lowest BCUT2D eigenvalue weighted by Gasteiger charge is -2.44. The van der Waals surface area contributed by atoms with Gasteiger partial charge in [0, 0.05) is 31.5 Å². The van der Waals surface area contributed by atoms with E-state index in [1.165, 1.54) is 14.0 Å². The van der Waals surface area contributed by atoms with E-state index in [2.05, 4.69) is 27.9 Å². The molecule has 0 aliphatic heterocycles. The summed E-state index contributed by atoms with van der Waals surface area (Å²) in [5.41, 5.74) is 1.04. The Morgan fingerprint density at radius 3 is 2.51 bits per heavy atom. The highest BCUT2D eigenvalue weighted by Crippen LogP contribution is 2.38. The lowest BCUT2D eigenvalue weighted by Crippen LogP contribution is -2.58. The fourth-order valence-corrected chi connectivity index (χ4v) is 5.78. The maximum atomic E-state index is 12.9. The standard InChI is InChI=1S/C25H35IN2O7/c1-15(31)28(18-6-4-3-5-7-18)20-12-17(25(33)27-8-9-29)13-21(23(20)32)35-24-19(26)10-16(14-30)11-22(24)34-2/h10-11,13,18,20-21,23,29-30,32H,3-9,12,14H2,1-2H3,(H,27,33). The molecule has 10 heteroatoms. The first kappa shape index (κ1) is 27.7. The molecule has 2 amide bonds. The van der Waals surface area contributed by atoms with Gasteiger partial charge in [-0.1, -0.05) is 19.3 Å². The Kier molecular flexibility index (Phi) is 10.2. The predicted octanol–water partition coefficient (Wildman–Crippen LogP) is 1.89. The van der Waals surface area contributed by atoms with Crippen LogP contribution in [0.1, 0.15) is 51.0 Å². The van der Waals surface area contributed by atoms with Gasteiger partial charge in [-0.15, -0.1) is 0 Å². The van der Waals surface area contributed by atoms with Crippen LogP contribution in [0.3, 0.4) is 0 Å². The molecule has 0 bridgehead atoms. The number of ether oxygens (including phenoxy) is 2. The van der Waals surface area contributed by atoms with Crippen LogP contribution in [0.25, 0.3) is 0 Å². The molecule has 3 atom stereocenters. The highest BCUT2D eigenvalue weighted by atomic mass is 127. The minimum absolute atomic E-state index is 0.0000806. The third-order valence-corrected chi connectivity index (χ3v) is 7.43. The van der Waals surface area contributed by atoms with E-state index in [9.17, 15) is 19.8 Å². The Morgan fingerprint density at radius 1 is 1.20 bits per heavy atom. The number of halogens is 1. The minimum Gasteiger partial charge on any atom is -0.493 e. The van der Waals surface area contributed by atoms with E-state index >= 15 is 0 Å². The zero-order valence-electron chi connectivity index (χ0n) is 20.2. The third kappa shape index (κ3) is 6.66. The molecule has 1 aromatic carbocycles. The van der Waals surface area contributed by atoms with E-state index in [1.54, 1.807) is 23.1 Å². The quantitative estimate of drug-likeness (QED) is 0.318. The Bertz CT molecular complexity index is 933. The Morgan fingerprint density at radius 2 is 1.91 bits per heavy atom. The van der Waals surface area contributed by atoms with Gasteiger partial charge in [-0.2, -0.15) is 0 Å². The van der Waals surface area contributed by atoms with Crippen LogP contribution in [0.4, 0.5) is 0 Å². The summed E-state index contributed by atoms with van der Waals surface area (Å²) in [5.74, 6) is 0.268. The van der Waals surface area contributed by atoms with Crippen LogP contribution in [0.5, 0.6) is 11.5 Å². The first-order chi connectivity index (χ1) is 16.8. The average molecular weight is 602 g/mol. The van der Waals surface area contributed by atoms with Gasteiger partial charge in [0.05, 0.1) is 29.9 Å². The van der Waals surface area contributed by atoms with Crippen molar-refractivity contribution in [3.63, 3.8) is 0 Å². The van der Waals surface area contributed by atoms with Crippen molar-refractivity contribution in [3.05, 3.63) is 32.9 Å². The van der Waals surface area contributed by atoms with E-state index in [-0.39, 0.29) is 44.0 Å². The molecule has 0 radical (unpaired) electrons. The van der Waals surface area contributed by atoms with E-state index in [4.69, 9.17) is 14.6 Å². The molecule has 3 unspecified atom stereocenters. The number of nitrogens with one attached hydrogen (secondary N) is 1. The normalized spacial score (nSPS) is 22.8. The van der Waals surface area contributed by atoms with Crippen molar-refractivity contribution in [2.24, 2.45) is 0 Å². The molecule has 1 aromatic rings. The van der Waals surface area contributed by atoms with Crippen LogP contribution < -0.4 is 14.8 Å². The number of hydrogen-bond donors (Lipinski definition) is 4. The fourth-order valence-electron chi connectivity index (χ4n) is 4.98. The smallest absolute Gasteiger partial charge is 0.247 e. The lowest BCUT2D eigenvalue weighted by molar-refractivity contribution is -0.140. The number of hydrogen-bond acceptors (Lipinski definition) is 7. The zero-order chi connectivity index (χ0) is 25.5. The van der Waals surface area contributed by atoms with Gasteiger partial charge in [0.2, 0.25) is 11.8 Å². The number of carbonyl (C=O) groups is 2. The van der Waals surface area contributed by atoms with Crippen LogP contribution >= 0.6 is 22.6 Å². The van der Waals surface area contributed by atoms with Gasteiger partial charge < -0.3 is 35.0 Å². The molecule has 2 aliphatic rings. The number of nitrogens with zero attached hydrogens (tertiary/aromatic N) is 1. The van der Waals surface area contributed by atoms with Crippen LogP contribution in [0, 0.1) is 3.57 Å². The molecule has 0 heterocycles. The van der Waals surface area contributed by atoms with Crippen molar-refractivity contribution in [3.8, 4) is 11.5 Å². The molecule has 3 rings (SSSR count). The third-order valence-electron chi connectivity index (χ3n) is 6.63. The summed E-state index contributed by atoms with van der Waals surface area (Å²) in [6.45, 7) is 1.24. The van der Waals surface area contributed by atoms with Crippen molar-refractivity contribution in [1.82, 2.24) is 10.2 Å². The van der Waals surface area contributed by atoms with E-state index in [0.29, 0.717) is 26.2 Å². The van der Waals surface area contributed by atoms with Crippen molar-refractivity contribution >= 4 is 34.4 Å². The number of methoxy groups -OCH3 is 1. The van der Waals surface area contributed by atoms with Crippen LogP contribution in [-0.4, -0.2) is 76.6 Å². The number of aliphatic hydroxyl groups is 3. The predicted molar refractivity (Wildman–Crippen MR) is 138 cm³/mol. The molecule has 4 N–H and O–H groups in total. The van der Waals surface area contributed by atoms with Gasteiger partial charge in [-0.05, 0) is 59.2 Å². The molecular weight excluding hydrogens is 567 g/mol. The molecule has 1 saturated carbocycles. The Hall–Kier alpha value is -1.89. The van der Waals surface area contributed by atoms with Gasteiger partial charge in [0.1, 0.15) is 12.2 Å². The maximum absolute atomic E-state index is 12.9. The van der Waals surface area contributed by atoms with E-state index in [1.807, 2.05) is 0 Å². The summed E-state index contributed by atoms with van der Waals surface area (Å²) >= 11 is 2.07. The van der Waals surface area contributed by atoms with Gasteiger partial charge in [-0.25, -0.2) is 0 Å². The van der Waals surface area contributed by atoms with Crippen LogP contribution in [0.2, 0.25) is 0 Å². The fraction of sp³-hybridized carbons (Fsp3) is 0.600. The maximum Gasteiger partial charge on any atom is 0.247 e. The Labute approximate surface area is 219 Å². The van der Waals surface area contributed by atoms with E-state index in [0.717, 1.165) is 32.1 Å². The summed E-state index contributed by atoms with van der Waals surface area (Å²) in [7, 11) is 1.49. The molecule has 35 heavy (non-hydrogen) atoms. The second-order valence-corrected chi connectivity index (χ2v) is 10.2. The number of amides is 2. The lowest BCUT2D eigenvalue weighted by atomic mass is 9.85. The Balaban J connectivity index is 1.98. The van der Waals surface area contributed by atoms with Gasteiger partial charge in [0.15, 0.2) is 11.5 Å². The van der Waals surface area contributed by atoms with E-state index < -0.39 is 18.2 Å². The van der Waals surface area contributed by atoms with Crippen molar-refractivity contribution in [2.45, 2.75) is 76.3 Å². The average Bonchev–Trinajstić information content (AvgIpc) is 2.85. The zero-order valence-corrected chi connectivity index (χ0v) is 22.4. The molecule has 0 saturated heterocycles. The summed E-state index contributed by atoms with van der Waals surface area (Å²) in [6, 6.07) is 2.78. The van der Waals surface area contributed by atoms with Gasteiger partial charge in [0.25, 0.3) is 0 Å². The second-order valence-electron chi connectivity index (χ2n) is 9.00. The highest BCUT2D eigenvalue weighted by Gasteiger charge is 2.42. The molecule has 194 valence electrons. The highest BCUT2D eigenvalue weighted by molar-refractivity contribution is 14.1. The molecule has 9 nitrogen and oxygen atoms in total. The number of carbonyl (C=O) groups excluding carboxylic acids is 2. The topological polar surface area (TPSA) is 129 Å². The van der Waals surface area contributed by atoms with Crippen LogP contribution in [0.15, 0.2) is 23.8 Å². The molecule has 0 spiro atoms. The summed E-state index contributed by atoms with van der Waals surface area (Å²) in [6.07, 6.45) is 4.65. The van der Waals surface area contributed by atoms with Gasteiger partial charge >= 0.3 is 0 Å². The monoisotopic (exact) mass is 602 g/mol.